The number of nitro benzene ring substituents is 1. The Balaban J connectivity index is 3.23. The summed E-state index contributed by atoms with van der Waals surface area (Å²) in [5, 5.41) is 10.2. The summed E-state index contributed by atoms with van der Waals surface area (Å²) in [6.45, 7) is 0. The summed E-state index contributed by atoms with van der Waals surface area (Å²) in [5.74, 6) is -2.10. The summed E-state index contributed by atoms with van der Waals surface area (Å²) in [7, 11) is 0. The monoisotopic (exact) mass is 201 g/mol. The molecule has 6 heteroatoms. The number of benzene rings is 1. The van der Waals surface area contributed by atoms with Crippen LogP contribution in [0.2, 0.25) is 0 Å². The second-order valence-electron chi connectivity index (χ2n) is 2.52. The van der Waals surface area contributed by atoms with Crippen molar-refractivity contribution in [1.82, 2.24) is 0 Å². The zero-order chi connectivity index (χ0) is 10.7. The molecule has 0 bridgehead atoms. The molecule has 0 amide bonds. The quantitative estimate of drug-likeness (QED) is 0.424. The highest BCUT2D eigenvalue weighted by Gasteiger charge is 2.17. The standard InChI is InChI=1S/C8H5F2NO3/c9-6-4-8(11(13)14)7(10)3-5(6)1-2-12/h2-4H,1H2. The van der Waals surface area contributed by atoms with Gasteiger partial charge in [0.1, 0.15) is 12.1 Å². The van der Waals surface area contributed by atoms with Crippen LogP contribution in [-0.4, -0.2) is 11.2 Å². The zero-order valence-corrected chi connectivity index (χ0v) is 6.87. The van der Waals surface area contributed by atoms with E-state index in [4.69, 9.17) is 0 Å². The van der Waals surface area contributed by atoms with Crippen molar-refractivity contribution in [3.05, 3.63) is 39.4 Å². The number of halogens is 2. The third-order valence-electron chi connectivity index (χ3n) is 1.62. The van der Waals surface area contributed by atoms with Crippen LogP contribution in [0.25, 0.3) is 0 Å². The van der Waals surface area contributed by atoms with E-state index in [-0.39, 0.29) is 12.0 Å². The van der Waals surface area contributed by atoms with Gasteiger partial charge in [0, 0.05) is 6.42 Å². The molecule has 1 aromatic rings. The number of hydrogen-bond donors (Lipinski definition) is 0. The van der Waals surface area contributed by atoms with Gasteiger partial charge in [0.15, 0.2) is 0 Å². The Labute approximate surface area is 77.3 Å². The fourth-order valence-electron chi connectivity index (χ4n) is 0.964. The number of rotatable bonds is 3. The lowest BCUT2D eigenvalue weighted by Gasteiger charge is -1.99. The molecule has 0 aliphatic carbocycles. The fraction of sp³-hybridized carbons (Fsp3) is 0.125. The van der Waals surface area contributed by atoms with Gasteiger partial charge in [-0.3, -0.25) is 10.1 Å². The summed E-state index contributed by atoms with van der Waals surface area (Å²) in [6, 6.07) is 1.12. The number of nitrogens with zero attached hydrogens (tertiary/aromatic N) is 1. The third-order valence-corrected chi connectivity index (χ3v) is 1.62. The minimum Gasteiger partial charge on any atom is -0.303 e. The minimum absolute atomic E-state index is 0.192. The van der Waals surface area contributed by atoms with E-state index >= 15 is 0 Å². The second kappa shape index (κ2) is 3.91. The molecule has 0 heterocycles. The number of carbonyl (C=O) groups excluding carboxylic acids is 1. The molecule has 0 spiro atoms. The highest BCUT2D eigenvalue weighted by molar-refractivity contribution is 5.55. The Morgan fingerprint density at radius 2 is 2.00 bits per heavy atom. The molecule has 0 aliphatic heterocycles. The maximum atomic E-state index is 12.9. The number of aldehydes is 1. The van der Waals surface area contributed by atoms with Crippen molar-refractivity contribution in [3.8, 4) is 0 Å². The molecule has 14 heavy (non-hydrogen) atoms. The Bertz CT molecular complexity index is 392. The van der Waals surface area contributed by atoms with E-state index in [0.717, 1.165) is 0 Å². The first-order valence-corrected chi connectivity index (χ1v) is 3.62. The molecule has 0 unspecified atom stereocenters. The van der Waals surface area contributed by atoms with Gasteiger partial charge in [0.05, 0.1) is 11.0 Å². The summed E-state index contributed by atoms with van der Waals surface area (Å²) < 4.78 is 25.8. The van der Waals surface area contributed by atoms with Crippen molar-refractivity contribution in [1.29, 1.82) is 0 Å². The average Bonchev–Trinajstić information content (AvgIpc) is 2.10. The van der Waals surface area contributed by atoms with Crippen molar-refractivity contribution in [2.45, 2.75) is 6.42 Å². The van der Waals surface area contributed by atoms with Gasteiger partial charge < -0.3 is 4.79 Å². The minimum atomic E-state index is -1.15. The number of nitro groups is 1. The van der Waals surface area contributed by atoms with Gasteiger partial charge in [0.25, 0.3) is 0 Å². The topological polar surface area (TPSA) is 60.2 Å². The van der Waals surface area contributed by atoms with Crippen LogP contribution in [0, 0.1) is 21.7 Å². The van der Waals surface area contributed by atoms with Crippen LogP contribution in [0.3, 0.4) is 0 Å². The van der Waals surface area contributed by atoms with Crippen molar-refractivity contribution >= 4 is 12.0 Å². The van der Waals surface area contributed by atoms with Crippen LogP contribution in [0.15, 0.2) is 12.1 Å². The molecule has 4 nitrogen and oxygen atoms in total. The highest BCUT2D eigenvalue weighted by Crippen LogP contribution is 2.21. The van der Waals surface area contributed by atoms with Crippen LogP contribution in [0.1, 0.15) is 5.56 Å². The van der Waals surface area contributed by atoms with Crippen LogP contribution in [0.4, 0.5) is 14.5 Å². The summed E-state index contributed by atoms with van der Waals surface area (Å²) in [5.41, 5.74) is -1.12. The molecule has 0 saturated heterocycles. The lowest BCUT2D eigenvalue weighted by atomic mass is 10.1. The molecule has 0 N–H and O–H groups in total. The van der Waals surface area contributed by atoms with Gasteiger partial charge in [-0.15, -0.1) is 0 Å². The van der Waals surface area contributed by atoms with E-state index in [1.54, 1.807) is 0 Å². The second-order valence-corrected chi connectivity index (χ2v) is 2.52. The molecular formula is C8H5F2NO3. The van der Waals surface area contributed by atoms with Crippen molar-refractivity contribution < 1.29 is 18.5 Å². The lowest BCUT2D eigenvalue weighted by molar-refractivity contribution is -0.387. The van der Waals surface area contributed by atoms with E-state index in [2.05, 4.69) is 0 Å². The maximum Gasteiger partial charge on any atom is 0.307 e. The average molecular weight is 201 g/mol. The van der Waals surface area contributed by atoms with E-state index in [1.165, 1.54) is 0 Å². The Morgan fingerprint density at radius 1 is 1.36 bits per heavy atom. The Kier molecular flexibility index (Phi) is 2.85. The first-order valence-electron chi connectivity index (χ1n) is 3.62. The molecular weight excluding hydrogens is 196 g/mol. The van der Waals surface area contributed by atoms with Crippen LogP contribution in [0.5, 0.6) is 0 Å². The molecule has 0 atom stereocenters. The van der Waals surface area contributed by atoms with Gasteiger partial charge in [-0.25, -0.2) is 4.39 Å². The van der Waals surface area contributed by atoms with Crippen molar-refractivity contribution in [2.24, 2.45) is 0 Å². The first-order chi connectivity index (χ1) is 6.56. The van der Waals surface area contributed by atoms with E-state index < -0.39 is 22.2 Å². The predicted molar refractivity (Wildman–Crippen MR) is 42.8 cm³/mol. The SMILES string of the molecule is O=CCc1cc(F)c([N+](=O)[O-])cc1F. The Morgan fingerprint density at radius 3 is 2.50 bits per heavy atom. The molecule has 0 radical (unpaired) electrons. The normalized spacial score (nSPS) is 9.86. The predicted octanol–water partition coefficient (Wildman–Crippen LogP) is 1.61. The molecule has 1 rings (SSSR count). The van der Waals surface area contributed by atoms with Crippen LogP contribution in [-0.2, 0) is 11.2 Å². The van der Waals surface area contributed by atoms with Gasteiger partial charge in [-0.2, -0.15) is 4.39 Å². The van der Waals surface area contributed by atoms with Gasteiger partial charge in [-0.05, 0) is 11.6 Å². The largest absolute Gasteiger partial charge is 0.307 e. The summed E-state index contributed by atoms with van der Waals surface area (Å²) >= 11 is 0. The van der Waals surface area contributed by atoms with Gasteiger partial charge in [-0.1, -0.05) is 0 Å². The van der Waals surface area contributed by atoms with E-state index in [0.29, 0.717) is 18.4 Å². The molecule has 0 saturated carbocycles. The van der Waals surface area contributed by atoms with E-state index in [1.807, 2.05) is 0 Å². The fourth-order valence-corrected chi connectivity index (χ4v) is 0.964. The van der Waals surface area contributed by atoms with Crippen LogP contribution >= 0.6 is 0 Å². The van der Waals surface area contributed by atoms with Crippen molar-refractivity contribution in [3.63, 3.8) is 0 Å². The first kappa shape index (κ1) is 10.2. The molecule has 0 aromatic heterocycles. The van der Waals surface area contributed by atoms with E-state index in [9.17, 15) is 23.7 Å². The Hall–Kier alpha value is -1.85. The van der Waals surface area contributed by atoms with Crippen molar-refractivity contribution in [2.75, 3.05) is 0 Å². The summed E-state index contributed by atoms with van der Waals surface area (Å²) in [6.07, 6.45) is 0.0877. The lowest BCUT2D eigenvalue weighted by Crippen LogP contribution is -1.98. The zero-order valence-electron chi connectivity index (χ0n) is 6.87. The number of hydrogen-bond acceptors (Lipinski definition) is 3. The van der Waals surface area contributed by atoms with Gasteiger partial charge >= 0.3 is 5.69 Å². The van der Waals surface area contributed by atoms with Crippen LogP contribution < -0.4 is 0 Å². The number of carbonyl (C=O) groups is 1. The molecule has 74 valence electrons. The smallest absolute Gasteiger partial charge is 0.303 e. The molecule has 0 aliphatic rings. The molecule has 0 fully saturated rings. The third kappa shape index (κ3) is 1.90. The maximum absolute atomic E-state index is 12.9. The highest BCUT2D eigenvalue weighted by atomic mass is 19.1. The van der Waals surface area contributed by atoms with Gasteiger partial charge in [0.2, 0.25) is 5.82 Å². The summed E-state index contributed by atoms with van der Waals surface area (Å²) in [4.78, 5) is 19.2. The molecule has 1 aromatic carbocycles.